The fourth-order valence-corrected chi connectivity index (χ4v) is 3.15. The van der Waals surface area contributed by atoms with E-state index in [1.54, 1.807) is 0 Å². The topological polar surface area (TPSA) is 83.8 Å². The molecule has 0 spiro atoms. The highest BCUT2D eigenvalue weighted by atomic mass is 35.5. The van der Waals surface area contributed by atoms with Gasteiger partial charge in [-0.2, -0.15) is 0 Å². The Morgan fingerprint density at radius 3 is 2.83 bits per heavy atom. The molecule has 2 unspecified atom stereocenters. The van der Waals surface area contributed by atoms with E-state index in [1.165, 1.54) is 12.8 Å². The Bertz CT molecular complexity index is 659. The number of imidazole rings is 1. The van der Waals surface area contributed by atoms with Crippen molar-refractivity contribution in [3.8, 4) is 0 Å². The summed E-state index contributed by atoms with van der Waals surface area (Å²) in [4.78, 5) is 19.7. The minimum absolute atomic E-state index is 0. The number of aromatic nitrogens is 2. The molecule has 1 saturated carbocycles. The van der Waals surface area contributed by atoms with Crippen molar-refractivity contribution in [2.75, 3.05) is 5.32 Å². The smallest absolute Gasteiger partial charge is 0.224 e. The molecule has 0 radical (unpaired) electrons. The van der Waals surface area contributed by atoms with Crippen LogP contribution in [0.5, 0.6) is 0 Å². The molecule has 0 aliphatic heterocycles. The van der Waals surface area contributed by atoms with Gasteiger partial charge in [0.1, 0.15) is 5.82 Å². The molecule has 1 aromatic heterocycles. The summed E-state index contributed by atoms with van der Waals surface area (Å²) in [6.07, 6.45) is 4.99. The van der Waals surface area contributed by atoms with E-state index >= 15 is 0 Å². The van der Waals surface area contributed by atoms with E-state index in [0.29, 0.717) is 12.3 Å². The van der Waals surface area contributed by atoms with Gasteiger partial charge in [0.25, 0.3) is 0 Å². The summed E-state index contributed by atoms with van der Waals surface area (Å²) in [6.45, 7) is 1.92. The maximum atomic E-state index is 12.2. The lowest BCUT2D eigenvalue weighted by Gasteiger charge is -2.27. The monoisotopic (exact) mass is 358 g/mol. The second-order valence-corrected chi connectivity index (χ2v) is 6.01. The van der Waals surface area contributed by atoms with Gasteiger partial charge in [0.05, 0.1) is 11.0 Å². The summed E-state index contributed by atoms with van der Waals surface area (Å²) in [5, 5.41) is 2.97. The van der Waals surface area contributed by atoms with Gasteiger partial charge in [0.15, 0.2) is 0 Å². The summed E-state index contributed by atoms with van der Waals surface area (Å²) in [6, 6.07) is 5.90. The summed E-state index contributed by atoms with van der Waals surface area (Å²) in [5.74, 6) is 1.24. The van der Waals surface area contributed by atoms with E-state index < -0.39 is 0 Å². The van der Waals surface area contributed by atoms with Crippen molar-refractivity contribution in [2.45, 2.75) is 45.1 Å². The Kier molecular flexibility index (Phi) is 7.32. The molecule has 2 atom stereocenters. The predicted octanol–water partition coefficient (Wildman–Crippen LogP) is 3.56. The number of nitrogens with zero attached hydrogens (tertiary/aromatic N) is 1. The largest absolute Gasteiger partial charge is 0.342 e. The highest BCUT2D eigenvalue weighted by Crippen LogP contribution is 2.26. The Morgan fingerprint density at radius 1 is 1.35 bits per heavy atom. The number of benzene rings is 1. The molecule has 1 heterocycles. The van der Waals surface area contributed by atoms with Crippen LogP contribution in [0.4, 0.5) is 5.69 Å². The fraction of sp³-hybridized carbons (Fsp3) is 0.500. The van der Waals surface area contributed by atoms with Crippen molar-refractivity contribution in [2.24, 2.45) is 11.7 Å². The molecule has 5 nitrogen and oxygen atoms in total. The van der Waals surface area contributed by atoms with Gasteiger partial charge in [0.2, 0.25) is 5.91 Å². The van der Waals surface area contributed by atoms with Crippen molar-refractivity contribution in [1.29, 1.82) is 0 Å². The third-order valence-corrected chi connectivity index (χ3v) is 4.30. The minimum Gasteiger partial charge on any atom is -0.342 e. The number of amides is 1. The van der Waals surface area contributed by atoms with Crippen LogP contribution in [0.1, 0.15) is 37.9 Å². The van der Waals surface area contributed by atoms with Crippen LogP contribution in [0.15, 0.2) is 18.2 Å². The van der Waals surface area contributed by atoms with E-state index in [-0.39, 0.29) is 36.8 Å². The van der Waals surface area contributed by atoms with Crippen molar-refractivity contribution >= 4 is 47.4 Å². The minimum atomic E-state index is 0. The molecule has 2 aromatic rings. The van der Waals surface area contributed by atoms with Gasteiger partial charge < -0.3 is 16.0 Å². The molecule has 128 valence electrons. The molecular weight excluding hydrogens is 335 g/mol. The number of aromatic amines is 1. The lowest BCUT2D eigenvalue weighted by atomic mass is 9.83. The van der Waals surface area contributed by atoms with Gasteiger partial charge >= 0.3 is 0 Å². The third-order valence-electron chi connectivity index (χ3n) is 4.30. The molecule has 23 heavy (non-hydrogen) atoms. The molecule has 1 aromatic carbocycles. The molecule has 1 fully saturated rings. The normalized spacial score (nSPS) is 20.4. The summed E-state index contributed by atoms with van der Waals surface area (Å²) < 4.78 is 0. The number of halogens is 2. The molecule has 4 N–H and O–H groups in total. The molecule has 1 amide bonds. The van der Waals surface area contributed by atoms with E-state index in [2.05, 4.69) is 15.3 Å². The lowest BCUT2D eigenvalue weighted by molar-refractivity contribution is -0.117. The average molecular weight is 359 g/mol. The van der Waals surface area contributed by atoms with E-state index in [1.807, 2.05) is 25.1 Å². The SMILES string of the molecule is Cc1nc2ccc(NC(=O)CC3CCCCC3N)cc2[nH]1.Cl.Cl. The average Bonchev–Trinajstić information content (AvgIpc) is 2.80. The van der Waals surface area contributed by atoms with E-state index in [0.717, 1.165) is 35.4 Å². The van der Waals surface area contributed by atoms with Crippen molar-refractivity contribution in [3.63, 3.8) is 0 Å². The zero-order valence-corrected chi connectivity index (χ0v) is 14.8. The van der Waals surface area contributed by atoms with Gasteiger partial charge in [-0.25, -0.2) is 4.98 Å². The number of anilines is 1. The Morgan fingerprint density at radius 2 is 2.09 bits per heavy atom. The number of carbonyl (C=O) groups excluding carboxylic acids is 1. The Hall–Kier alpha value is -1.30. The first-order valence-corrected chi connectivity index (χ1v) is 7.63. The van der Waals surface area contributed by atoms with Crippen LogP contribution in [0.3, 0.4) is 0 Å². The number of nitrogens with one attached hydrogen (secondary N) is 2. The van der Waals surface area contributed by atoms with Crippen LogP contribution in [-0.2, 0) is 4.79 Å². The van der Waals surface area contributed by atoms with Crippen molar-refractivity contribution in [1.82, 2.24) is 9.97 Å². The molecule has 3 rings (SSSR count). The Balaban J connectivity index is 0.00000132. The molecule has 7 heteroatoms. The van der Waals surface area contributed by atoms with Gasteiger partial charge in [-0.05, 0) is 43.9 Å². The number of H-pyrrole nitrogens is 1. The van der Waals surface area contributed by atoms with Crippen LogP contribution >= 0.6 is 24.8 Å². The molecule has 1 aliphatic rings. The van der Waals surface area contributed by atoms with Crippen LogP contribution in [-0.4, -0.2) is 21.9 Å². The number of fused-ring (bicyclic) bond motifs is 1. The predicted molar refractivity (Wildman–Crippen MR) is 98.5 cm³/mol. The van der Waals surface area contributed by atoms with Crippen LogP contribution in [0.2, 0.25) is 0 Å². The maximum absolute atomic E-state index is 12.2. The van der Waals surface area contributed by atoms with Gasteiger partial charge in [-0.3, -0.25) is 4.79 Å². The van der Waals surface area contributed by atoms with E-state index in [4.69, 9.17) is 5.73 Å². The summed E-state index contributed by atoms with van der Waals surface area (Å²) in [7, 11) is 0. The molecule has 0 bridgehead atoms. The van der Waals surface area contributed by atoms with Gasteiger partial charge in [-0.15, -0.1) is 24.8 Å². The van der Waals surface area contributed by atoms with Gasteiger partial charge in [-0.1, -0.05) is 12.8 Å². The second kappa shape index (κ2) is 8.52. The van der Waals surface area contributed by atoms with Crippen LogP contribution < -0.4 is 11.1 Å². The zero-order chi connectivity index (χ0) is 14.8. The number of hydrogen-bond acceptors (Lipinski definition) is 3. The second-order valence-electron chi connectivity index (χ2n) is 6.01. The summed E-state index contributed by atoms with van der Waals surface area (Å²) in [5.41, 5.74) is 8.77. The first-order chi connectivity index (χ1) is 10.1. The Labute approximate surface area is 148 Å². The quantitative estimate of drug-likeness (QED) is 0.783. The highest BCUT2D eigenvalue weighted by Gasteiger charge is 2.24. The number of carbonyl (C=O) groups is 1. The van der Waals surface area contributed by atoms with Crippen LogP contribution in [0.25, 0.3) is 11.0 Å². The summed E-state index contributed by atoms with van der Waals surface area (Å²) >= 11 is 0. The zero-order valence-electron chi connectivity index (χ0n) is 13.2. The maximum Gasteiger partial charge on any atom is 0.224 e. The molecular formula is C16H24Cl2N4O. The number of hydrogen-bond donors (Lipinski definition) is 3. The lowest BCUT2D eigenvalue weighted by Crippen LogP contribution is -2.35. The van der Waals surface area contributed by atoms with Crippen molar-refractivity contribution in [3.05, 3.63) is 24.0 Å². The van der Waals surface area contributed by atoms with Crippen molar-refractivity contribution < 1.29 is 4.79 Å². The van der Waals surface area contributed by atoms with Gasteiger partial charge in [0, 0.05) is 18.2 Å². The fourth-order valence-electron chi connectivity index (χ4n) is 3.15. The van der Waals surface area contributed by atoms with E-state index in [9.17, 15) is 4.79 Å². The first-order valence-electron chi connectivity index (χ1n) is 7.63. The number of aryl methyl sites for hydroxylation is 1. The number of nitrogens with two attached hydrogens (primary N) is 1. The highest BCUT2D eigenvalue weighted by molar-refractivity contribution is 5.93. The standard InChI is InChI=1S/C16H22N4O.2ClH/c1-10-18-14-7-6-12(9-15(14)19-10)20-16(21)8-11-4-2-3-5-13(11)17;;/h6-7,9,11,13H,2-5,8,17H2,1H3,(H,18,19)(H,20,21);2*1H. The third kappa shape index (κ3) is 4.83. The first kappa shape index (κ1) is 19.7. The molecule has 0 saturated heterocycles. The van der Waals surface area contributed by atoms with Crippen LogP contribution in [0, 0.1) is 12.8 Å². The molecule has 1 aliphatic carbocycles. The number of rotatable bonds is 3.